The molecule has 2 aliphatic carbocycles. The van der Waals surface area contributed by atoms with Gasteiger partial charge in [0, 0.05) is 12.6 Å². The summed E-state index contributed by atoms with van der Waals surface area (Å²) in [6.07, 6.45) is 13.7. The van der Waals surface area contributed by atoms with E-state index >= 15 is 0 Å². The van der Waals surface area contributed by atoms with Crippen molar-refractivity contribution in [1.29, 1.82) is 0 Å². The molecule has 0 heterocycles. The summed E-state index contributed by atoms with van der Waals surface area (Å²) in [4.78, 5) is 0. The molecule has 106 valence electrons. The van der Waals surface area contributed by atoms with Gasteiger partial charge in [0.05, 0.1) is 5.60 Å². The highest BCUT2D eigenvalue weighted by atomic mass is 16.5. The van der Waals surface area contributed by atoms with Crippen LogP contribution in [-0.4, -0.2) is 25.3 Å². The molecule has 0 bridgehead atoms. The van der Waals surface area contributed by atoms with Crippen molar-refractivity contribution in [1.82, 2.24) is 5.32 Å². The molecule has 18 heavy (non-hydrogen) atoms. The predicted octanol–water partition coefficient (Wildman–Crippen LogP) is 3.89. The molecular formula is C16H31NO. The second-order valence-corrected chi connectivity index (χ2v) is 6.22. The number of rotatable bonds is 5. The number of hydrogen-bond acceptors (Lipinski definition) is 2. The number of hydrogen-bond donors (Lipinski definition) is 1. The van der Waals surface area contributed by atoms with Crippen LogP contribution in [-0.2, 0) is 4.74 Å². The Morgan fingerprint density at radius 2 is 1.67 bits per heavy atom. The molecule has 0 aliphatic heterocycles. The monoisotopic (exact) mass is 253 g/mol. The molecule has 2 nitrogen and oxygen atoms in total. The lowest BCUT2D eigenvalue weighted by atomic mass is 9.70. The van der Waals surface area contributed by atoms with Crippen LogP contribution < -0.4 is 5.32 Å². The van der Waals surface area contributed by atoms with E-state index in [9.17, 15) is 0 Å². The fourth-order valence-electron chi connectivity index (χ4n) is 4.38. The van der Waals surface area contributed by atoms with E-state index in [0.717, 1.165) is 12.5 Å². The number of likely N-dealkylation sites (N-methyl/N-ethyl adjacent to an activating group) is 1. The van der Waals surface area contributed by atoms with Crippen LogP contribution in [0.2, 0.25) is 0 Å². The summed E-state index contributed by atoms with van der Waals surface area (Å²) >= 11 is 0. The summed E-state index contributed by atoms with van der Waals surface area (Å²) in [6.45, 7) is 3.02. The van der Waals surface area contributed by atoms with Crippen molar-refractivity contribution in [3.8, 4) is 0 Å². The average molecular weight is 253 g/mol. The molecule has 0 saturated heterocycles. The van der Waals surface area contributed by atoms with Gasteiger partial charge in [-0.2, -0.15) is 0 Å². The molecule has 0 amide bonds. The third-order valence-electron chi connectivity index (χ3n) is 5.13. The van der Waals surface area contributed by atoms with Gasteiger partial charge in [0.2, 0.25) is 0 Å². The first-order valence-corrected chi connectivity index (χ1v) is 8.13. The molecule has 1 N–H and O–H groups in total. The first kappa shape index (κ1) is 14.3. The molecule has 0 aromatic heterocycles. The van der Waals surface area contributed by atoms with E-state index in [0.29, 0.717) is 6.04 Å². The minimum atomic E-state index is 0.143. The van der Waals surface area contributed by atoms with Gasteiger partial charge < -0.3 is 10.1 Å². The van der Waals surface area contributed by atoms with Crippen LogP contribution >= 0.6 is 0 Å². The Morgan fingerprint density at radius 3 is 2.22 bits per heavy atom. The first-order valence-electron chi connectivity index (χ1n) is 8.13. The summed E-state index contributed by atoms with van der Waals surface area (Å²) in [7, 11) is 2.15. The molecule has 0 aromatic rings. The van der Waals surface area contributed by atoms with Gasteiger partial charge in [-0.25, -0.2) is 0 Å². The molecule has 2 fully saturated rings. The van der Waals surface area contributed by atoms with E-state index in [1.165, 1.54) is 64.2 Å². The topological polar surface area (TPSA) is 21.3 Å². The second-order valence-electron chi connectivity index (χ2n) is 6.22. The Kier molecular flexibility index (Phi) is 5.50. The van der Waals surface area contributed by atoms with Gasteiger partial charge in [-0.1, -0.05) is 38.5 Å². The fraction of sp³-hybridized carbons (Fsp3) is 1.00. The van der Waals surface area contributed by atoms with Gasteiger partial charge in [-0.15, -0.1) is 0 Å². The van der Waals surface area contributed by atoms with Gasteiger partial charge in [-0.05, 0) is 45.6 Å². The van der Waals surface area contributed by atoms with Gasteiger partial charge in [0.25, 0.3) is 0 Å². The Labute approximate surface area is 113 Å². The zero-order valence-corrected chi connectivity index (χ0v) is 12.3. The first-order chi connectivity index (χ1) is 8.82. The third-order valence-corrected chi connectivity index (χ3v) is 5.13. The molecule has 1 atom stereocenters. The van der Waals surface area contributed by atoms with Crippen LogP contribution in [0.5, 0.6) is 0 Å². The van der Waals surface area contributed by atoms with Gasteiger partial charge in [0.1, 0.15) is 0 Å². The summed E-state index contributed by atoms with van der Waals surface area (Å²) in [5, 5.41) is 3.64. The lowest BCUT2D eigenvalue weighted by Gasteiger charge is -2.47. The minimum Gasteiger partial charge on any atom is -0.374 e. The maximum Gasteiger partial charge on any atom is 0.0837 e. The fourth-order valence-corrected chi connectivity index (χ4v) is 4.38. The predicted molar refractivity (Wildman–Crippen MR) is 76.9 cm³/mol. The standard InChI is InChI=1S/C16H31NO/c1-3-18-16(12-8-5-9-13-16)15(17-2)14-10-6-4-7-11-14/h14-15,17H,3-13H2,1-2H3. The minimum absolute atomic E-state index is 0.143. The van der Waals surface area contributed by atoms with E-state index in [1.54, 1.807) is 0 Å². The van der Waals surface area contributed by atoms with Crippen LogP contribution in [0.3, 0.4) is 0 Å². The normalized spacial score (nSPS) is 27.0. The smallest absolute Gasteiger partial charge is 0.0837 e. The molecular weight excluding hydrogens is 222 g/mol. The summed E-state index contributed by atoms with van der Waals surface area (Å²) in [5.74, 6) is 0.841. The van der Waals surface area contributed by atoms with Crippen molar-refractivity contribution in [2.75, 3.05) is 13.7 Å². The quantitative estimate of drug-likeness (QED) is 0.802. The largest absolute Gasteiger partial charge is 0.374 e. The average Bonchev–Trinajstić information content (AvgIpc) is 2.42. The summed E-state index contributed by atoms with van der Waals surface area (Å²) in [6, 6.07) is 0.582. The van der Waals surface area contributed by atoms with E-state index < -0.39 is 0 Å². The Hall–Kier alpha value is -0.0800. The highest BCUT2D eigenvalue weighted by molar-refractivity contribution is 4.98. The van der Waals surface area contributed by atoms with Crippen LogP contribution in [0.25, 0.3) is 0 Å². The van der Waals surface area contributed by atoms with E-state index in [4.69, 9.17) is 4.74 Å². The summed E-state index contributed by atoms with van der Waals surface area (Å²) < 4.78 is 6.31. The van der Waals surface area contributed by atoms with Crippen LogP contribution in [0.15, 0.2) is 0 Å². The summed E-state index contributed by atoms with van der Waals surface area (Å²) in [5.41, 5.74) is 0.143. The Bertz CT molecular complexity index is 224. The van der Waals surface area contributed by atoms with E-state index in [2.05, 4.69) is 19.3 Å². The SMILES string of the molecule is CCOC1(C(NC)C2CCCCC2)CCCCC1. The highest BCUT2D eigenvalue weighted by Gasteiger charge is 2.43. The maximum absolute atomic E-state index is 6.31. The molecule has 2 heteroatoms. The van der Waals surface area contributed by atoms with Crippen molar-refractivity contribution in [2.24, 2.45) is 5.92 Å². The van der Waals surface area contributed by atoms with Crippen LogP contribution in [0.4, 0.5) is 0 Å². The maximum atomic E-state index is 6.31. The molecule has 0 spiro atoms. The lowest BCUT2D eigenvalue weighted by molar-refractivity contribution is -0.104. The number of nitrogens with one attached hydrogen (secondary N) is 1. The van der Waals surface area contributed by atoms with Gasteiger partial charge in [-0.3, -0.25) is 0 Å². The van der Waals surface area contributed by atoms with Crippen molar-refractivity contribution >= 4 is 0 Å². The Balaban J connectivity index is 2.09. The van der Waals surface area contributed by atoms with Crippen LogP contribution in [0.1, 0.15) is 71.1 Å². The molecule has 2 aliphatic rings. The number of ether oxygens (including phenoxy) is 1. The third kappa shape index (κ3) is 3.08. The van der Waals surface area contributed by atoms with E-state index in [-0.39, 0.29) is 5.60 Å². The van der Waals surface area contributed by atoms with Gasteiger partial charge in [0.15, 0.2) is 0 Å². The van der Waals surface area contributed by atoms with E-state index in [1.807, 2.05) is 0 Å². The zero-order valence-electron chi connectivity index (χ0n) is 12.3. The van der Waals surface area contributed by atoms with Crippen molar-refractivity contribution in [2.45, 2.75) is 82.8 Å². The Morgan fingerprint density at radius 1 is 1.06 bits per heavy atom. The second kappa shape index (κ2) is 6.91. The lowest BCUT2D eigenvalue weighted by Crippen LogP contribution is -2.56. The molecule has 0 radical (unpaired) electrons. The van der Waals surface area contributed by atoms with Crippen molar-refractivity contribution < 1.29 is 4.74 Å². The molecule has 0 aromatic carbocycles. The molecule has 1 unspecified atom stereocenters. The molecule has 2 rings (SSSR count). The highest BCUT2D eigenvalue weighted by Crippen LogP contribution is 2.40. The van der Waals surface area contributed by atoms with Crippen LogP contribution in [0, 0.1) is 5.92 Å². The van der Waals surface area contributed by atoms with Crippen molar-refractivity contribution in [3.05, 3.63) is 0 Å². The zero-order chi connectivity index (χ0) is 12.8. The molecule has 2 saturated carbocycles. The van der Waals surface area contributed by atoms with Gasteiger partial charge >= 0.3 is 0 Å². The van der Waals surface area contributed by atoms with Crippen molar-refractivity contribution in [3.63, 3.8) is 0 Å².